The minimum absolute atomic E-state index is 0.0348. The molecule has 0 aliphatic carbocycles. The third-order valence-electron chi connectivity index (χ3n) is 7.03. The highest BCUT2D eigenvalue weighted by atomic mass is 16.2. The maximum absolute atomic E-state index is 13.5. The normalized spacial score (nSPS) is 25.4. The van der Waals surface area contributed by atoms with Crippen molar-refractivity contribution in [3.63, 3.8) is 0 Å². The molecule has 0 spiro atoms. The van der Waals surface area contributed by atoms with Crippen molar-refractivity contribution in [3.05, 3.63) is 77.7 Å². The number of azo groups is 1. The van der Waals surface area contributed by atoms with Crippen molar-refractivity contribution < 1.29 is 4.79 Å². The first kappa shape index (κ1) is 19.8. The molecule has 3 aliphatic heterocycles. The zero-order valence-corrected chi connectivity index (χ0v) is 18.8. The van der Waals surface area contributed by atoms with Crippen LogP contribution in [0.5, 0.6) is 0 Å². The molecular formula is C25H25N7O. The van der Waals surface area contributed by atoms with Crippen molar-refractivity contribution in [1.29, 1.82) is 0 Å². The molecular weight excluding hydrogens is 414 g/mol. The Labute approximate surface area is 191 Å². The van der Waals surface area contributed by atoms with Crippen LogP contribution in [0.2, 0.25) is 0 Å². The van der Waals surface area contributed by atoms with Gasteiger partial charge in [-0.2, -0.15) is 15.3 Å². The summed E-state index contributed by atoms with van der Waals surface area (Å²) in [4.78, 5) is 17.8. The Morgan fingerprint density at radius 3 is 2.97 bits per heavy atom. The largest absolute Gasteiger partial charge is 0.362 e. The maximum atomic E-state index is 13.5. The van der Waals surface area contributed by atoms with Crippen molar-refractivity contribution in [1.82, 2.24) is 25.2 Å². The fourth-order valence-electron chi connectivity index (χ4n) is 5.62. The van der Waals surface area contributed by atoms with Crippen molar-refractivity contribution in [2.24, 2.45) is 10.2 Å². The Bertz CT molecular complexity index is 1400. The van der Waals surface area contributed by atoms with Crippen LogP contribution in [-0.2, 0) is 10.2 Å². The molecule has 2 N–H and O–H groups in total. The minimum atomic E-state index is -0.618. The number of amides is 1. The van der Waals surface area contributed by atoms with E-state index in [2.05, 4.69) is 56.1 Å². The molecule has 5 heterocycles. The first-order valence-corrected chi connectivity index (χ1v) is 11.2. The highest BCUT2D eigenvalue weighted by molar-refractivity contribution is 6.00. The Balaban J connectivity index is 1.58. The van der Waals surface area contributed by atoms with Gasteiger partial charge in [-0.15, -0.1) is 0 Å². The van der Waals surface area contributed by atoms with Crippen LogP contribution >= 0.6 is 0 Å². The van der Waals surface area contributed by atoms with Crippen LogP contribution in [0, 0.1) is 0 Å². The van der Waals surface area contributed by atoms with Crippen molar-refractivity contribution in [2.75, 3.05) is 0 Å². The Morgan fingerprint density at radius 1 is 1.24 bits per heavy atom. The number of aromatic nitrogens is 3. The molecule has 2 atom stereocenters. The zero-order valence-electron chi connectivity index (χ0n) is 18.8. The van der Waals surface area contributed by atoms with Crippen LogP contribution in [0.4, 0.5) is 0 Å². The smallest absolute Gasteiger partial charge is 0.250 e. The number of hydrogen-bond donors (Lipinski definition) is 2. The zero-order chi connectivity index (χ0) is 22.8. The Hall–Kier alpha value is -3.81. The van der Waals surface area contributed by atoms with Crippen molar-refractivity contribution >= 4 is 11.4 Å². The first-order chi connectivity index (χ1) is 15.9. The molecule has 8 heteroatoms. The number of nitrogens with zero attached hydrogens (tertiary/aromatic N) is 5. The monoisotopic (exact) mass is 439 g/mol. The molecule has 1 amide bonds. The summed E-state index contributed by atoms with van der Waals surface area (Å²) in [5, 5.41) is 19.9. The molecule has 0 saturated carbocycles. The summed E-state index contributed by atoms with van der Waals surface area (Å²) in [6.45, 7) is 6.22. The fourth-order valence-corrected chi connectivity index (χ4v) is 5.62. The third kappa shape index (κ3) is 2.79. The Kier molecular flexibility index (Phi) is 4.11. The summed E-state index contributed by atoms with van der Waals surface area (Å²) < 4.78 is 1.82. The number of rotatable bonds is 3. The van der Waals surface area contributed by atoms with Crippen LogP contribution in [0.25, 0.3) is 16.6 Å². The average molecular weight is 440 g/mol. The number of nitrogens with one attached hydrogen (secondary N) is 2. The van der Waals surface area contributed by atoms with Crippen molar-refractivity contribution in [2.45, 2.75) is 50.7 Å². The first-order valence-electron chi connectivity index (χ1n) is 11.2. The van der Waals surface area contributed by atoms with E-state index in [1.807, 2.05) is 49.2 Å². The second kappa shape index (κ2) is 6.84. The highest BCUT2D eigenvalue weighted by Crippen LogP contribution is 2.51. The molecule has 166 valence electrons. The van der Waals surface area contributed by atoms with Gasteiger partial charge in [0.15, 0.2) is 6.17 Å². The summed E-state index contributed by atoms with van der Waals surface area (Å²) in [5.41, 5.74) is 5.82. The fraction of sp³-hybridized carbons (Fsp3) is 0.320. The molecule has 0 radical (unpaired) electrons. The van der Waals surface area contributed by atoms with Crippen LogP contribution in [0.15, 0.2) is 82.3 Å². The second-order valence-electron chi connectivity index (χ2n) is 9.53. The van der Waals surface area contributed by atoms with Gasteiger partial charge in [-0.3, -0.25) is 9.78 Å². The minimum Gasteiger partial charge on any atom is -0.362 e. The number of hydrogen-bond acceptors (Lipinski definition) is 6. The predicted octanol–water partition coefficient (Wildman–Crippen LogP) is 3.88. The molecule has 1 unspecified atom stereocenters. The van der Waals surface area contributed by atoms with Crippen molar-refractivity contribution in [3.8, 4) is 11.1 Å². The molecule has 0 bridgehead atoms. The molecule has 3 aromatic rings. The van der Waals surface area contributed by atoms with Gasteiger partial charge < -0.3 is 10.6 Å². The molecule has 3 aliphatic rings. The SMILES string of the molecule is CC[C@@]1(c2cccc(-c3cnn4ccncc34)c2)C2=CN=NC2NC2=C1C(=O)NC(C)(C)C2. The lowest BCUT2D eigenvalue weighted by atomic mass is 9.62. The van der Waals surface area contributed by atoms with Crippen LogP contribution in [-0.4, -0.2) is 32.2 Å². The molecule has 33 heavy (non-hydrogen) atoms. The van der Waals surface area contributed by atoms with Gasteiger partial charge in [0.2, 0.25) is 0 Å². The van der Waals surface area contributed by atoms with Gasteiger partial charge in [-0.25, -0.2) is 4.52 Å². The topological polar surface area (TPSA) is 96.0 Å². The van der Waals surface area contributed by atoms with E-state index in [9.17, 15) is 4.79 Å². The maximum Gasteiger partial charge on any atom is 0.250 e. The lowest BCUT2D eigenvalue weighted by Crippen LogP contribution is -2.58. The van der Waals surface area contributed by atoms with Gasteiger partial charge in [-0.1, -0.05) is 25.1 Å². The van der Waals surface area contributed by atoms with Gasteiger partial charge >= 0.3 is 0 Å². The highest BCUT2D eigenvalue weighted by Gasteiger charge is 2.53. The summed E-state index contributed by atoms with van der Waals surface area (Å²) in [6, 6.07) is 8.41. The standard InChI is InChI=1S/C25H25N7O/c1-4-25(16-7-5-6-15(10-16)17-12-28-32-9-8-26-14-20(17)32)18-13-27-31-22(18)29-19-11-24(2,3)30-23(33)21(19)25/h5-10,12-14,22,29H,4,11H2,1-3H3,(H,30,33)/t22?,25-/m1/s1. The third-order valence-corrected chi connectivity index (χ3v) is 7.03. The molecule has 0 saturated heterocycles. The lowest BCUT2D eigenvalue weighted by molar-refractivity contribution is -0.120. The molecule has 1 aromatic carbocycles. The van der Waals surface area contributed by atoms with Gasteiger partial charge in [0, 0.05) is 41.2 Å². The van der Waals surface area contributed by atoms with E-state index in [0.29, 0.717) is 12.8 Å². The average Bonchev–Trinajstić information content (AvgIpc) is 3.44. The van der Waals surface area contributed by atoms with Crippen LogP contribution in [0.1, 0.15) is 39.2 Å². The quantitative estimate of drug-likeness (QED) is 0.647. The van der Waals surface area contributed by atoms with E-state index in [4.69, 9.17) is 0 Å². The molecule has 6 rings (SSSR count). The van der Waals surface area contributed by atoms with E-state index in [1.54, 1.807) is 6.20 Å². The summed E-state index contributed by atoms with van der Waals surface area (Å²) in [7, 11) is 0. The predicted molar refractivity (Wildman–Crippen MR) is 124 cm³/mol. The number of carbonyl (C=O) groups excluding carboxylic acids is 1. The van der Waals surface area contributed by atoms with Crippen LogP contribution < -0.4 is 10.6 Å². The molecule has 0 fully saturated rings. The van der Waals surface area contributed by atoms with Gasteiger partial charge in [-0.05, 0) is 37.5 Å². The second-order valence-corrected chi connectivity index (χ2v) is 9.53. The summed E-state index contributed by atoms with van der Waals surface area (Å²) in [5.74, 6) is -0.0348. The number of carbonyl (C=O) groups is 1. The van der Waals surface area contributed by atoms with E-state index in [-0.39, 0.29) is 17.6 Å². The van der Waals surface area contributed by atoms with E-state index < -0.39 is 5.41 Å². The summed E-state index contributed by atoms with van der Waals surface area (Å²) in [6.07, 6.45) is 10.2. The molecule has 2 aromatic heterocycles. The summed E-state index contributed by atoms with van der Waals surface area (Å²) >= 11 is 0. The van der Waals surface area contributed by atoms with Gasteiger partial charge in [0.1, 0.15) is 0 Å². The van der Waals surface area contributed by atoms with E-state index in [1.165, 1.54) is 0 Å². The lowest BCUT2D eigenvalue weighted by Gasteiger charge is -2.48. The Morgan fingerprint density at radius 2 is 2.12 bits per heavy atom. The van der Waals surface area contributed by atoms with Gasteiger partial charge in [0.05, 0.1) is 35.1 Å². The van der Waals surface area contributed by atoms with E-state index >= 15 is 0 Å². The van der Waals surface area contributed by atoms with Gasteiger partial charge in [0.25, 0.3) is 5.91 Å². The van der Waals surface area contributed by atoms with E-state index in [0.717, 1.165) is 39.1 Å². The molecule has 8 nitrogen and oxygen atoms in total. The van der Waals surface area contributed by atoms with Crippen LogP contribution in [0.3, 0.4) is 0 Å². The number of benzene rings is 1. The number of fused-ring (bicyclic) bond motifs is 2.